The highest BCUT2D eigenvalue weighted by molar-refractivity contribution is 7.46. The molecular formula is C24H26N3O8P. The molecule has 36 heavy (non-hydrogen) atoms. The van der Waals surface area contributed by atoms with Crippen molar-refractivity contribution in [2.45, 2.75) is 31.0 Å². The minimum absolute atomic E-state index is 0.0257. The van der Waals surface area contributed by atoms with Gasteiger partial charge in [0.25, 0.3) is 0 Å². The lowest BCUT2D eigenvalue weighted by Crippen LogP contribution is -2.57. The molecule has 2 aromatic carbocycles. The zero-order valence-corrected chi connectivity index (χ0v) is 20.2. The highest BCUT2D eigenvalue weighted by Gasteiger charge is 2.39. The number of alkyl carbamates (subject to hydrolysis) is 1. The van der Waals surface area contributed by atoms with Crippen molar-refractivity contribution >= 4 is 25.7 Å². The fraction of sp³-hybridized carbons (Fsp3) is 0.292. The summed E-state index contributed by atoms with van der Waals surface area (Å²) in [4.78, 5) is 57.2. The highest BCUT2D eigenvalue weighted by atomic mass is 31.2. The lowest BCUT2D eigenvalue weighted by molar-refractivity contribution is -0.140. The molecule has 12 heteroatoms. The standard InChI is InChI=1S/C24H26N3O8P/c1-14(35-36(31,32)33)21(23(29)27-12-6-11-20(27)22(25)28)26-24(30)34-13-19-17-9-4-2-7-15(17)16-8-3-5-10-18(16)19/h2-11,14,19-21H,12-13H2,1H3,(H2,25,28)(H,26,30)(H2,31,32,33)/t14-,20+,21+/m1/s1. The van der Waals surface area contributed by atoms with Gasteiger partial charge in [0.15, 0.2) is 0 Å². The van der Waals surface area contributed by atoms with Crippen molar-refractivity contribution in [3.05, 3.63) is 71.8 Å². The first-order valence-electron chi connectivity index (χ1n) is 11.2. The predicted octanol–water partition coefficient (Wildman–Crippen LogP) is 1.64. The van der Waals surface area contributed by atoms with E-state index in [1.807, 2.05) is 48.5 Å². The number of nitrogens with two attached hydrogens (primary N) is 1. The largest absolute Gasteiger partial charge is 0.469 e. The maximum Gasteiger partial charge on any atom is 0.469 e. The van der Waals surface area contributed by atoms with E-state index >= 15 is 0 Å². The summed E-state index contributed by atoms with van der Waals surface area (Å²) in [7, 11) is -5.00. The van der Waals surface area contributed by atoms with Crippen LogP contribution in [0.5, 0.6) is 0 Å². The molecule has 0 fully saturated rings. The van der Waals surface area contributed by atoms with E-state index in [4.69, 9.17) is 10.5 Å². The van der Waals surface area contributed by atoms with E-state index in [0.29, 0.717) is 0 Å². The number of amides is 3. The summed E-state index contributed by atoms with van der Waals surface area (Å²) in [5, 5.41) is 2.35. The first-order valence-corrected chi connectivity index (χ1v) is 12.7. The lowest BCUT2D eigenvalue weighted by Gasteiger charge is -2.30. The summed E-state index contributed by atoms with van der Waals surface area (Å²) in [5.74, 6) is -1.83. The maximum absolute atomic E-state index is 13.2. The van der Waals surface area contributed by atoms with Crippen molar-refractivity contribution in [1.29, 1.82) is 0 Å². The Kier molecular flexibility index (Phi) is 7.28. The van der Waals surface area contributed by atoms with Crippen LogP contribution in [0.1, 0.15) is 24.0 Å². The Labute approximate surface area is 207 Å². The molecule has 1 heterocycles. The average molecular weight is 515 g/mol. The monoisotopic (exact) mass is 515 g/mol. The van der Waals surface area contributed by atoms with Gasteiger partial charge in [0.05, 0.1) is 6.10 Å². The fourth-order valence-electron chi connectivity index (χ4n) is 4.60. The molecule has 2 aromatic rings. The zero-order valence-electron chi connectivity index (χ0n) is 19.3. The molecule has 2 aliphatic rings. The van der Waals surface area contributed by atoms with Gasteiger partial charge in [0, 0.05) is 12.5 Å². The van der Waals surface area contributed by atoms with Crippen LogP contribution >= 0.6 is 7.82 Å². The third-order valence-corrected chi connectivity index (χ3v) is 6.79. The Hall–Kier alpha value is -3.50. The number of primary amides is 1. The molecule has 11 nitrogen and oxygen atoms in total. The third-order valence-electron chi connectivity index (χ3n) is 6.19. The molecule has 3 amide bonds. The van der Waals surface area contributed by atoms with E-state index in [2.05, 4.69) is 9.84 Å². The first kappa shape index (κ1) is 25.6. The van der Waals surface area contributed by atoms with Crippen LogP contribution in [-0.4, -0.2) is 63.9 Å². The van der Waals surface area contributed by atoms with Gasteiger partial charge >= 0.3 is 13.9 Å². The fourth-order valence-corrected chi connectivity index (χ4v) is 5.15. The van der Waals surface area contributed by atoms with Crippen molar-refractivity contribution in [1.82, 2.24) is 10.2 Å². The molecule has 0 saturated carbocycles. The smallest absolute Gasteiger partial charge is 0.449 e. The Morgan fingerprint density at radius 3 is 2.25 bits per heavy atom. The summed E-state index contributed by atoms with van der Waals surface area (Å²) < 4.78 is 21.5. The Balaban J connectivity index is 1.50. The molecular weight excluding hydrogens is 489 g/mol. The molecule has 3 atom stereocenters. The molecule has 1 aliphatic heterocycles. The second kappa shape index (κ2) is 10.2. The number of hydrogen-bond donors (Lipinski definition) is 4. The Bertz CT molecular complexity index is 1210. The normalized spacial score (nSPS) is 18.3. The molecule has 0 radical (unpaired) electrons. The number of benzene rings is 2. The van der Waals surface area contributed by atoms with E-state index in [1.54, 1.807) is 6.08 Å². The Morgan fingerprint density at radius 2 is 1.69 bits per heavy atom. The number of nitrogens with one attached hydrogen (secondary N) is 1. The van der Waals surface area contributed by atoms with Crippen LogP contribution in [0.2, 0.25) is 0 Å². The number of rotatable bonds is 8. The number of carbonyl (C=O) groups is 3. The van der Waals surface area contributed by atoms with Crippen LogP contribution in [0.15, 0.2) is 60.7 Å². The third kappa shape index (κ3) is 5.34. The van der Waals surface area contributed by atoms with Crippen LogP contribution in [0, 0.1) is 0 Å². The quantitative estimate of drug-likeness (QED) is 0.304. The molecule has 0 aromatic heterocycles. The van der Waals surface area contributed by atoms with Gasteiger partial charge in [-0.25, -0.2) is 9.36 Å². The van der Waals surface area contributed by atoms with Gasteiger partial charge in [-0.15, -0.1) is 0 Å². The summed E-state index contributed by atoms with van der Waals surface area (Å²) in [6, 6.07) is 12.9. The van der Waals surface area contributed by atoms with Crippen LogP contribution in [-0.2, 0) is 23.4 Å². The van der Waals surface area contributed by atoms with Crippen LogP contribution in [0.25, 0.3) is 11.1 Å². The topological polar surface area (TPSA) is 168 Å². The summed E-state index contributed by atoms with van der Waals surface area (Å²) in [6.07, 6.45) is 0.540. The first-order chi connectivity index (χ1) is 17.1. The Morgan fingerprint density at radius 1 is 1.11 bits per heavy atom. The van der Waals surface area contributed by atoms with Crippen molar-refractivity contribution in [2.75, 3.05) is 13.2 Å². The van der Waals surface area contributed by atoms with E-state index in [1.165, 1.54) is 13.0 Å². The molecule has 0 saturated heterocycles. The molecule has 190 valence electrons. The van der Waals surface area contributed by atoms with Crippen molar-refractivity contribution < 1.29 is 38.0 Å². The molecule has 1 aliphatic carbocycles. The van der Waals surface area contributed by atoms with E-state index < -0.39 is 43.9 Å². The van der Waals surface area contributed by atoms with Gasteiger partial charge in [-0.3, -0.25) is 14.1 Å². The zero-order chi connectivity index (χ0) is 26.0. The number of phosphoric ester groups is 1. The highest BCUT2D eigenvalue weighted by Crippen LogP contribution is 2.44. The van der Waals surface area contributed by atoms with Gasteiger partial charge in [-0.1, -0.05) is 60.7 Å². The number of hydrogen-bond acceptors (Lipinski definition) is 6. The lowest BCUT2D eigenvalue weighted by atomic mass is 9.98. The van der Waals surface area contributed by atoms with Crippen LogP contribution in [0.4, 0.5) is 4.79 Å². The minimum atomic E-state index is -5.00. The molecule has 4 rings (SSSR count). The van der Waals surface area contributed by atoms with Crippen LogP contribution in [0.3, 0.4) is 0 Å². The van der Waals surface area contributed by atoms with Gasteiger partial charge < -0.3 is 30.5 Å². The molecule has 0 bridgehead atoms. The summed E-state index contributed by atoms with van der Waals surface area (Å²) in [6.45, 7) is 1.20. The van der Waals surface area contributed by atoms with E-state index in [9.17, 15) is 28.7 Å². The summed E-state index contributed by atoms with van der Waals surface area (Å²) >= 11 is 0. The predicted molar refractivity (Wildman–Crippen MR) is 128 cm³/mol. The van der Waals surface area contributed by atoms with E-state index in [-0.39, 0.29) is 19.1 Å². The van der Waals surface area contributed by atoms with Gasteiger partial charge in [-0.2, -0.15) is 0 Å². The van der Waals surface area contributed by atoms with Crippen molar-refractivity contribution in [3.63, 3.8) is 0 Å². The second-order valence-corrected chi connectivity index (χ2v) is 9.71. The molecule has 5 N–H and O–H groups in total. The number of nitrogens with zero attached hydrogens (tertiary/aromatic N) is 1. The molecule has 0 unspecified atom stereocenters. The maximum atomic E-state index is 13.2. The van der Waals surface area contributed by atoms with Crippen molar-refractivity contribution in [2.24, 2.45) is 5.73 Å². The van der Waals surface area contributed by atoms with Crippen molar-refractivity contribution in [3.8, 4) is 11.1 Å². The number of carbonyl (C=O) groups excluding carboxylic acids is 3. The van der Waals surface area contributed by atoms with Gasteiger partial charge in [0.1, 0.15) is 18.7 Å². The SMILES string of the molecule is C[C@@H](OP(=O)(O)O)[C@H](NC(=O)OCC1c2ccccc2-c2ccccc21)C(=O)N1CC=C[C@H]1C(N)=O. The summed E-state index contributed by atoms with van der Waals surface area (Å²) in [5.41, 5.74) is 9.41. The minimum Gasteiger partial charge on any atom is -0.449 e. The second-order valence-electron chi connectivity index (χ2n) is 8.51. The average Bonchev–Trinajstić information content (AvgIpc) is 3.43. The number of phosphoric acid groups is 1. The van der Waals surface area contributed by atoms with Crippen LogP contribution < -0.4 is 11.1 Å². The van der Waals surface area contributed by atoms with E-state index in [0.717, 1.165) is 27.2 Å². The number of ether oxygens (including phenoxy) is 1. The van der Waals surface area contributed by atoms with Gasteiger partial charge in [0.2, 0.25) is 11.8 Å². The van der Waals surface area contributed by atoms with Gasteiger partial charge in [-0.05, 0) is 29.2 Å². The number of fused-ring (bicyclic) bond motifs is 3. The molecule has 0 spiro atoms.